The minimum atomic E-state index is -0.280. The third-order valence-electron chi connectivity index (χ3n) is 7.06. The van der Waals surface area contributed by atoms with Gasteiger partial charge in [0.25, 0.3) is 0 Å². The van der Waals surface area contributed by atoms with E-state index in [4.69, 9.17) is 0 Å². The molecule has 4 bridgehead atoms. The van der Waals surface area contributed by atoms with Crippen molar-refractivity contribution in [2.24, 2.45) is 17.8 Å². The van der Waals surface area contributed by atoms with E-state index in [1.165, 1.54) is 19.3 Å². The van der Waals surface area contributed by atoms with E-state index in [1.54, 1.807) is 4.90 Å². The molecule has 0 atom stereocenters. The second kappa shape index (κ2) is 7.56. The van der Waals surface area contributed by atoms with Gasteiger partial charge in [0.1, 0.15) is 0 Å². The quantitative estimate of drug-likeness (QED) is 0.720. The molecule has 5 fully saturated rings. The van der Waals surface area contributed by atoms with Crippen LogP contribution >= 0.6 is 0 Å². The van der Waals surface area contributed by atoms with E-state index in [2.05, 4.69) is 10.6 Å². The van der Waals surface area contributed by atoms with Crippen LogP contribution in [0.1, 0.15) is 59.3 Å². The highest BCUT2D eigenvalue weighted by molar-refractivity contribution is 5.87. The van der Waals surface area contributed by atoms with Crippen molar-refractivity contribution in [1.82, 2.24) is 20.4 Å². The smallest absolute Gasteiger partial charge is 0.240 e. The number of amides is 3. The zero-order valence-electron chi connectivity index (χ0n) is 18.1. The fourth-order valence-corrected chi connectivity index (χ4v) is 6.49. The van der Waals surface area contributed by atoms with E-state index in [0.29, 0.717) is 13.1 Å². The maximum Gasteiger partial charge on any atom is 0.240 e. The highest BCUT2D eigenvalue weighted by atomic mass is 16.2. The number of hydrogen-bond acceptors (Lipinski definition) is 4. The van der Waals surface area contributed by atoms with Crippen LogP contribution in [0.5, 0.6) is 0 Å². The van der Waals surface area contributed by atoms with Gasteiger partial charge in [-0.15, -0.1) is 0 Å². The molecule has 0 aromatic rings. The number of rotatable bonds is 5. The standard InChI is InChI=1S/C22H36N4O3/c1-21(2,3)23-18(27)12-25-4-5-26(20(29)14-25)13-19(28)24-22-9-15-6-16(10-22)8-17(7-15)11-22/h15-17H,4-14H2,1-3H3,(H,23,27)(H,24,28). The molecule has 5 rings (SSSR count). The van der Waals surface area contributed by atoms with Crippen LogP contribution in [-0.2, 0) is 14.4 Å². The summed E-state index contributed by atoms with van der Waals surface area (Å²) in [6.07, 6.45) is 7.40. The Bertz CT molecular complexity index is 649. The summed E-state index contributed by atoms with van der Waals surface area (Å²) in [5.74, 6) is 2.20. The largest absolute Gasteiger partial charge is 0.350 e. The first-order chi connectivity index (χ1) is 13.6. The first-order valence-corrected chi connectivity index (χ1v) is 11.2. The van der Waals surface area contributed by atoms with Crippen molar-refractivity contribution < 1.29 is 14.4 Å². The van der Waals surface area contributed by atoms with Crippen LogP contribution < -0.4 is 10.6 Å². The molecule has 0 radical (unpaired) electrons. The molecule has 1 aliphatic heterocycles. The van der Waals surface area contributed by atoms with Crippen molar-refractivity contribution in [3.05, 3.63) is 0 Å². The van der Waals surface area contributed by atoms with Gasteiger partial charge in [-0.05, 0) is 77.0 Å². The predicted molar refractivity (Wildman–Crippen MR) is 110 cm³/mol. The molecule has 5 aliphatic rings. The normalized spacial score (nSPS) is 34.4. The molecule has 1 heterocycles. The average molecular weight is 405 g/mol. The Morgan fingerprint density at radius 3 is 2.07 bits per heavy atom. The van der Waals surface area contributed by atoms with Crippen LogP contribution in [0.2, 0.25) is 0 Å². The summed E-state index contributed by atoms with van der Waals surface area (Å²) in [5, 5.41) is 6.28. The molecule has 3 amide bonds. The van der Waals surface area contributed by atoms with E-state index >= 15 is 0 Å². The number of carbonyl (C=O) groups is 3. The topological polar surface area (TPSA) is 81.8 Å². The van der Waals surface area contributed by atoms with Crippen LogP contribution in [-0.4, -0.2) is 71.3 Å². The van der Waals surface area contributed by atoms with Gasteiger partial charge in [0.2, 0.25) is 17.7 Å². The van der Waals surface area contributed by atoms with Gasteiger partial charge in [-0.3, -0.25) is 19.3 Å². The third-order valence-corrected chi connectivity index (χ3v) is 7.06. The Morgan fingerprint density at radius 2 is 1.55 bits per heavy atom. The van der Waals surface area contributed by atoms with Crippen molar-refractivity contribution >= 4 is 17.7 Å². The fraction of sp³-hybridized carbons (Fsp3) is 0.864. The Labute approximate surface area is 173 Å². The summed E-state index contributed by atoms with van der Waals surface area (Å²) in [7, 11) is 0. The van der Waals surface area contributed by atoms with Gasteiger partial charge in [0.05, 0.1) is 19.6 Å². The van der Waals surface area contributed by atoms with E-state index in [0.717, 1.165) is 37.0 Å². The number of nitrogens with zero attached hydrogens (tertiary/aromatic N) is 2. The van der Waals surface area contributed by atoms with Crippen molar-refractivity contribution in [2.75, 3.05) is 32.7 Å². The molecule has 0 aromatic heterocycles. The molecule has 4 aliphatic carbocycles. The predicted octanol–water partition coefficient (Wildman–Crippen LogP) is 1.13. The fourth-order valence-electron chi connectivity index (χ4n) is 6.49. The number of piperazine rings is 1. The van der Waals surface area contributed by atoms with Crippen molar-refractivity contribution in [1.29, 1.82) is 0 Å². The van der Waals surface area contributed by atoms with Crippen molar-refractivity contribution in [2.45, 2.75) is 70.4 Å². The Hall–Kier alpha value is -1.63. The minimum absolute atomic E-state index is 0.0122. The molecule has 0 unspecified atom stereocenters. The molecular weight excluding hydrogens is 368 g/mol. The summed E-state index contributed by atoms with van der Waals surface area (Å²) in [6, 6.07) is 0. The second-order valence-electron chi connectivity index (χ2n) is 11.1. The summed E-state index contributed by atoms with van der Waals surface area (Å²) in [5.41, 5.74) is -0.292. The molecule has 4 saturated carbocycles. The molecular formula is C22H36N4O3. The molecule has 7 nitrogen and oxygen atoms in total. The Balaban J connectivity index is 1.25. The van der Waals surface area contributed by atoms with E-state index in [9.17, 15) is 14.4 Å². The van der Waals surface area contributed by atoms with Crippen molar-refractivity contribution in [3.63, 3.8) is 0 Å². The van der Waals surface area contributed by atoms with E-state index in [1.807, 2.05) is 25.7 Å². The first-order valence-electron chi connectivity index (χ1n) is 11.2. The summed E-state index contributed by atoms with van der Waals surface area (Å²) >= 11 is 0. The first kappa shape index (κ1) is 20.6. The van der Waals surface area contributed by atoms with Crippen LogP contribution in [0.15, 0.2) is 0 Å². The van der Waals surface area contributed by atoms with Gasteiger partial charge >= 0.3 is 0 Å². The molecule has 2 N–H and O–H groups in total. The Kier molecular flexibility index (Phi) is 5.38. The lowest BCUT2D eigenvalue weighted by atomic mass is 9.53. The number of carbonyl (C=O) groups excluding carboxylic acids is 3. The Morgan fingerprint density at radius 1 is 0.966 bits per heavy atom. The lowest BCUT2D eigenvalue weighted by Gasteiger charge is -2.57. The maximum atomic E-state index is 12.8. The van der Waals surface area contributed by atoms with Gasteiger partial charge in [-0.2, -0.15) is 0 Å². The van der Waals surface area contributed by atoms with Gasteiger partial charge in [0.15, 0.2) is 0 Å². The monoisotopic (exact) mass is 404 g/mol. The van der Waals surface area contributed by atoms with Gasteiger partial charge in [-0.1, -0.05) is 0 Å². The average Bonchev–Trinajstić information content (AvgIpc) is 2.53. The number of hydrogen-bond donors (Lipinski definition) is 2. The molecule has 0 aromatic carbocycles. The lowest BCUT2D eigenvalue weighted by Crippen LogP contribution is -2.62. The summed E-state index contributed by atoms with van der Waals surface area (Å²) in [4.78, 5) is 40.9. The van der Waals surface area contributed by atoms with Crippen LogP contribution in [0.3, 0.4) is 0 Å². The third kappa shape index (κ3) is 4.93. The van der Waals surface area contributed by atoms with Gasteiger partial charge in [-0.25, -0.2) is 0 Å². The molecule has 7 heteroatoms. The molecule has 29 heavy (non-hydrogen) atoms. The molecule has 0 spiro atoms. The van der Waals surface area contributed by atoms with Crippen LogP contribution in [0, 0.1) is 17.8 Å². The van der Waals surface area contributed by atoms with Gasteiger partial charge < -0.3 is 15.5 Å². The SMILES string of the molecule is CC(C)(C)NC(=O)CN1CCN(CC(=O)NC23CC4CC(CC(C4)C2)C3)C(=O)C1. The summed E-state index contributed by atoms with van der Waals surface area (Å²) < 4.78 is 0. The van der Waals surface area contributed by atoms with E-state index < -0.39 is 0 Å². The minimum Gasteiger partial charge on any atom is -0.350 e. The molecule has 162 valence electrons. The lowest BCUT2D eigenvalue weighted by molar-refractivity contribution is -0.142. The second-order valence-corrected chi connectivity index (χ2v) is 11.1. The van der Waals surface area contributed by atoms with Gasteiger partial charge in [0, 0.05) is 24.2 Å². The van der Waals surface area contributed by atoms with Crippen LogP contribution in [0.4, 0.5) is 0 Å². The highest BCUT2D eigenvalue weighted by Crippen LogP contribution is 2.55. The zero-order chi connectivity index (χ0) is 20.8. The zero-order valence-corrected chi connectivity index (χ0v) is 18.1. The van der Waals surface area contributed by atoms with Crippen LogP contribution in [0.25, 0.3) is 0 Å². The van der Waals surface area contributed by atoms with Crippen molar-refractivity contribution in [3.8, 4) is 0 Å². The van der Waals surface area contributed by atoms with E-state index in [-0.39, 0.29) is 48.4 Å². The molecule has 1 saturated heterocycles. The maximum absolute atomic E-state index is 12.8. The highest BCUT2D eigenvalue weighted by Gasteiger charge is 2.51. The number of nitrogens with one attached hydrogen (secondary N) is 2. The summed E-state index contributed by atoms with van der Waals surface area (Å²) in [6.45, 7) is 7.49.